The summed E-state index contributed by atoms with van der Waals surface area (Å²) in [6, 6.07) is 31.9. The van der Waals surface area contributed by atoms with E-state index >= 15 is 0 Å². The first-order valence-electron chi connectivity index (χ1n) is 20.0. The first-order valence-corrected chi connectivity index (χ1v) is 20.0. The van der Waals surface area contributed by atoms with Crippen LogP contribution in [0.2, 0.25) is 0 Å². The average molecular weight is 854 g/mol. The lowest BCUT2D eigenvalue weighted by atomic mass is 10.1. The fourth-order valence-corrected chi connectivity index (χ4v) is 6.45. The highest BCUT2D eigenvalue weighted by Crippen LogP contribution is 2.29. The molecule has 1 aromatic heterocycles. The van der Waals surface area contributed by atoms with Gasteiger partial charge in [-0.2, -0.15) is 0 Å². The Labute approximate surface area is 362 Å². The van der Waals surface area contributed by atoms with Crippen molar-refractivity contribution in [1.82, 2.24) is 14.8 Å². The van der Waals surface area contributed by atoms with E-state index in [1.165, 1.54) is 6.20 Å². The van der Waals surface area contributed by atoms with Crippen LogP contribution in [0.4, 0.5) is 4.79 Å². The lowest BCUT2D eigenvalue weighted by Crippen LogP contribution is -2.56. The van der Waals surface area contributed by atoms with Crippen molar-refractivity contribution in [3.8, 4) is 34.5 Å². The van der Waals surface area contributed by atoms with Crippen molar-refractivity contribution in [1.29, 1.82) is 0 Å². The van der Waals surface area contributed by atoms with Crippen LogP contribution in [0.3, 0.4) is 0 Å². The molecule has 1 amide bonds. The lowest BCUT2D eigenvalue weighted by molar-refractivity contribution is -0.310. The van der Waals surface area contributed by atoms with Crippen LogP contribution in [0, 0.1) is 0 Å². The third kappa shape index (κ3) is 14.3. The highest BCUT2D eigenvalue weighted by Gasteiger charge is 2.42. The third-order valence-corrected chi connectivity index (χ3v) is 9.43. The van der Waals surface area contributed by atoms with Gasteiger partial charge >= 0.3 is 12.0 Å². The van der Waals surface area contributed by atoms with Crippen LogP contribution in [0.5, 0.6) is 34.5 Å². The fraction of sp³-hybridized carbons (Fsp3) is 0.340. The Bertz CT molecular complexity index is 2040. The van der Waals surface area contributed by atoms with Crippen molar-refractivity contribution in [3.63, 3.8) is 0 Å². The summed E-state index contributed by atoms with van der Waals surface area (Å²) in [5, 5.41) is 0. The Morgan fingerprint density at radius 3 is 1.53 bits per heavy atom. The summed E-state index contributed by atoms with van der Waals surface area (Å²) in [7, 11) is 6.41. The zero-order chi connectivity index (χ0) is 44.0. The molecule has 5 aromatic rings. The van der Waals surface area contributed by atoms with Gasteiger partial charge in [0.25, 0.3) is 6.47 Å². The summed E-state index contributed by atoms with van der Waals surface area (Å²) in [6.45, 7) is 3.95. The second-order valence-electron chi connectivity index (χ2n) is 13.7. The molecule has 62 heavy (non-hydrogen) atoms. The minimum absolute atomic E-state index is 0.0352. The van der Waals surface area contributed by atoms with Gasteiger partial charge in [0, 0.05) is 38.9 Å². The monoisotopic (exact) mass is 853 g/mol. The molecule has 1 heterocycles. The van der Waals surface area contributed by atoms with Crippen LogP contribution in [0.15, 0.2) is 116 Å². The van der Waals surface area contributed by atoms with E-state index in [4.69, 9.17) is 47.4 Å². The predicted octanol–water partition coefficient (Wildman–Crippen LogP) is 7.29. The molecular formula is C47H55N3O12. The summed E-state index contributed by atoms with van der Waals surface area (Å²) >= 11 is 0. The molecule has 0 bridgehead atoms. The minimum Gasteiger partial charge on any atom is -0.497 e. The van der Waals surface area contributed by atoms with Crippen LogP contribution in [-0.4, -0.2) is 101 Å². The number of ether oxygens (including phenoxy) is 10. The van der Waals surface area contributed by atoms with Gasteiger partial charge in [-0.1, -0.05) is 48.5 Å². The molecule has 0 aliphatic heterocycles. The molecule has 0 N–H and O–H groups in total. The van der Waals surface area contributed by atoms with Gasteiger partial charge in [-0.25, -0.2) is 9.69 Å². The highest BCUT2D eigenvalue weighted by atomic mass is 16.7. The second kappa shape index (κ2) is 24.6. The van der Waals surface area contributed by atoms with E-state index in [1.54, 1.807) is 45.6 Å². The average Bonchev–Trinajstić information content (AvgIpc) is 3.30. The topological polar surface area (TPSA) is 146 Å². The van der Waals surface area contributed by atoms with Gasteiger partial charge in [0.1, 0.15) is 47.7 Å². The van der Waals surface area contributed by atoms with Crippen molar-refractivity contribution in [3.05, 3.63) is 138 Å². The Hall–Kier alpha value is -6.55. The quantitative estimate of drug-likeness (QED) is 0.0296. The molecule has 0 aliphatic carbocycles. The highest BCUT2D eigenvalue weighted by molar-refractivity contribution is 5.67. The number of aromatic nitrogens is 1. The number of hydrogen-bond donors (Lipinski definition) is 0. The predicted molar refractivity (Wildman–Crippen MR) is 229 cm³/mol. The molecule has 0 saturated heterocycles. The summed E-state index contributed by atoms with van der Waals surface area (Å²) in [6.07, 6.45) is 2.58. The molecule has 0 saturated carbocycles. The van der Waals surface area contributed by atoms with E-state index in [0.717, 1.165) is 22.3 Å². The van der Waals surface area contributed by atoms with E-state index in [2.05, 4.69) is 4.98 Å². The molecular weight excluding hydrogens is 799 g/mol. The Kier molecular flexibility index (Phi) is 18.5. The maximum atomic E-state index is 13.3. The third-order valence-electron chi connectivity index (χ3n) is 9.43. The van der Waals surface area contributed by atoms with Crippen molar-refractivity contribution in [2.45, 2.75) is 39.0 Å². The van der Waals surface area contributed by atoms with Crippen LogP contribution < -0.4 is 28.4 Å². The van der Waals surface area contributed by atoms with Crippen molar-refractivity contribution >= 4 is 12.6 Å². The van der Waals surface area contributed by atoms with E-state index in [9.17, 15) is 9.59 Å². The van der Waals surface area contributed by atoms with Crippen LogP contribution in [0.25, 0.3) is 0 Å². The van der Waals surface area contributed by atoms with Gasteiger partial charge in [-0.05, 0) is 77.7 Å². The summed E-state index contributed by atoms with van der Waals surface area (Å²) in [5.41, 5.74) is 3.55. The maximum Gasteiger partial charge on any atom is 0.410 e. The van der Waals surface area contributed by atoms with Gasteiger partial charge in [0.2, 0.25) is 0 Å². The second-order valence-corrected chi connectivity index (χ2v) is 13.7. The summed E-state index contributed by atoms with van der Waals surface area (Å²) in [4.78, 5) is 33.2. The number of hydrogen-bond acceptors (Lipinski definition) is 14. The maximum absolute atomic E-state index is 13.3. The molecule has 0 aliphatic rings. The van der Waals surface area contributed by atoms with E-state index < -0.39 is 12.0 Å². The van der Waals surface area contributed by atoms with E-state index in [-0.39, 0.29) is 39.6 Å². The van der Waals surface area contributed by atoms with Gasteiger partial charge in [0.15, 0.2) is 6.61 Å². The molecule has 330 valence electrons. The number of carbonyl (C=O) groups is 2. The molecule has 5 rings (SSSR count). The molecule has 15 nitrogen and oxygen atoms in total. The molecule has 4 aromatic carbocycles. The molecule has 1 unspecified atom stereocenters. The first kappa shape index (κ1) is 46.5. The normalized spacial score (nSPS) is 11.8. The van der Waals surface area contributed by atoms with E-state index in [1.807, 2.05) is 109 Å². The molecule has 0 spiro atoms. The molecule has 0 fully saturated rings. The lowest BCUT2D eigenvalue weighted by Gasteiger charge is -2.40. The fourth-order valence-electron chi connectivity index (χ4n) is 6.45. The molecule has 1 atom stereocenters. The largest absolute Gasteiger partial charge is 0.497 e. The van der Waals surface area contributed by atoms with Crippen molar-refractivity contribution in [2.24, 2.45) is 0 Å². The van der Waals surface area contributed by atoms with Crippen molar-refractivity contribution in [2.75, 3.05) is 68.1 Å². The van der Waals surface area contributed by atoms with Crippen LogP contribution in [0.1, 0.15) is 29.2 Å². The number of nitrogens with zero attached hydrogens (tertiary/aromatic N) is 3. The van der Waals surface area contributed by atoms with E-state index in [0.29, 0.717) is 67.1 Å². The number of carbonyl (C=O) groups excluding carboxylic acids is 2. The smallest absolute Gasteiger partial charge is 0.410 e. The SMILES string of the molecule is CCOC(COc1cncc(OCCOCCOC(=O)N(Cc2cccc(OC)c2)Cc2cccc(OC)c2)c1)(OC=O)N(Cc1cccc(OC)c1)Cc1cccc(OC)c1. The molecule has 0 radical (unpaired) electrons. The summed E-state index contributed by atoms with van der Waals surface area (Å²) in [5.74, 6) is 1.87. The van der Waals surface area contributed by atoms with Gasteiger partial charge in [-0.15, -0.1) is 0 Å². The number of pyridine rings is 1. The van der Waals surface area contributed by atoms with Crippen molar-refractivity contribution < 1.29 is 57.0 Å². The number of benzene rings is 4. The van der Waals surface area contributed by atoms with Crippen LogP contribution >= 0.6 is 0 Å². The first-order chi connectivity index (χ1) is 30.3. The molecule has 15 heteroatoms. The number of methoxy groups -OCH3 is 4. The van der Waals surface area contributed by atoms with Gasteiger partial charge < -0.3 is 47.4 Å². The van der Waals surface area contributed by atoms with Gasteiger partial charge in [-0.3, -0.25) is 14.7 Å². The standard InChI is InChI=1S/C47H55N3O12/c1-6-61-47(62-35-51,50(32-38-13-9-17-42(25-38)55-4)33-39-14-10-18-43(26-39)56-5)34-60-45-27-44(28-48-29-45)58-21-19-57-20-22-59-46(52)49(30-36-11-7-15-40(23-36)53-2)31-37-12-8-16-41(24-37)54-3/h7-18,23-29,35H,6,19-22,30-34H2,1-5H3. The van der Waals surface area contributed by atoms with Gasteiger partial charge in [0.05, 0.1) is 54.0 Å². The summed E-state index contributed by atoms with van der Waals surface area (Å²) < 4.78 is 57.1. The Morgan fingerprint density at radius 1 is 0.597 bits per heavy atom. The number of rotatable bonds is 27. The van der Waals surface area contributed by atoms with Crippen LogP contribution in [-0.2, 0) is 49.9 Å². The zero-order valence-electron chi connectivity index (χ0n) is 35.9. The Morgan fingerprint density at radius 2 is 1.06 bits per heavy atom. The minimum atomic E-state index is -1.65. The Balaban J connectivity index is 1.16. The number of amides is 1. The zero-order valence-corrected chi connectivity index (χ0v) is 35.9.